The fourth-order valence-electron chi connectivity index (χ4n) is 2.41. The van der Waals surface area contributed by atoms with Gasteiger partial charge in [-0.15, -0.1) is 0 Å². The smallest absolute Gasteiger partial charge is 0.326 e. The number of likely N-dealkylation sites (tertiary alicyclic amines) is 1. The van der Waals surface area contributed by atoms with Crippen molar-refractivity contribution in [2.45, 2.75) is 25.1 Å². The first kappa shape index (κ1) is 15.2. The van der Waals surface area contributed by atoms with Crippen LogP contribution in [0.2, 0.25) is 0 Å². The van der Waals surface area contributed by atoms with Gasteiger partial charge in [0.15, 0.2) is 0 Å². The van der Waals surface area contributed by atoms with Crippen molar-refractivity contribution in [2.75, 3.05) is 13.6 Å². The van der Waals surface area contributed by atoms with Gasteiger partial charge in [-0.25, -0.2) is 14.0 Å². The van der Waals surface area contributed by atoms with Gasteiger partial charge in [-0.2, -0.15) is 0 Å². The number of carboxylic acids is 1. The van der Waals surface area contributed by atoms with Gasteiger partial charge in [0.25, 0.3) is 0 Å². The summed E-state index contributed by atoms with van der Waals surface area (Å²) in [6, 6.07) is 4.24. The Morgan fingerprint density at radius 3 is 2.57 bits per heavy atom. The highest BCUT2D eigenvalue weighted by atomic mass is 19.1. The number of halogens is 1. The molecule has 0 spiro atoms. The molecule has 1 saturated heterocycles. The van der Waals surface area contributed by atoms with E-state index in [0.29, 0.717) is 0 Å². The van der Waals surface area contributed by atoms with Crippen LogP contribution in [-0.4, -0.2) is 57.8 Å². The van der Waals surface area contributed by atoms with Crippen LogP contribution in [0.25, 0.3) is 0 Å². The molecule has 0 radical (unpaired) electrons. The zero-order valence-corrected chi connectivity index (χ0v) is 11.6. The summed E-state index contributed by atoms with van der Waals surface area (Å²) in [5, 5.41) is 18.6. The molecule has 1 aromatic rings. The van der Waals surface area contributed by atoms with Gasteiger partial charge in [0, 0.05) is 26.6 Å². The maximum atomic E-state index is 12.8. The van der Waals surface area contributed by atoms with E-state index in [0.717, 1.165) is 10.5 Å². The number of carbonyl (C=O) groups excluding carboxylic acids is 1. The summed E-state index contributed by atoms with van der Waals surface area (Å²) in [6.45, 7) is 0.238. The molecule has 1 aromatic carbocycles. The summed E-state index contributed by atoms with van der Waals surface area (Å²) in [5.74, 6) is -1.49. The predicted molar refractivity (Wildman–Crippen MR) is 72.0 cm³/mol. The molecule has 2 N–H and O–H groups in total. The third-order valence-corrected chi connectivity index (χ3v) is 3.47. The second-order valence-electron chi connectivity index (χ2n) is 5.16. The molecule has 1 aliphatic heterocycles. The maximum Gasteiger partial charge on any atom is 0.326 e. The molecule has 114 valence electrons. The zero-order chi connectivity index (χ0) is 15.6. The Bertz CT molecular complexity index is 534. The van der Waals surface area contributed by atoms with E-state index in [1.807, 2.05) is 0 Å². The van der Waals surface area contributed by atoms with Crippen molar-refractivity contribution in [3.8, 4) is 0 Å². The molecule has 2 amide bonds. The fourth-order valence-corrected chi connectivity index (χ4v) is 2.41. The number of aliphatic hydroxyl groups excluding tert-OH is 1. The van der Waals surface area contributed by atoms with E-state index in [4.69, 9.17) is 5.11 Å². The first-order valence-corrected chi connectivity index (χ1v) is 6.55. The molecular formula is C14H17FN2O4. The van der Waals surface area contributed by atoms with E-state index in [9.17, 15) is 19.1 Å². The Hall–Kier alpha value is -2.15. The zero-order valence-electron chi connectivity index (χ0n) is 11.6. The Balaban J connectivity index is 2.04. The molecular weight excluding hydrogens is 279 g/mol. The standard InChI is InChI=1S/C14H17FN2O4/c1-16(7-9-2-4-10(15)5-3-9)14(21)17-8-11(18)6-12(17)13(19)20/h2-5,11-12,18H,6-8H2,1H3,(H,19,20)/t11-,12-/m0/s1. The van der Waals surface area contributed by atoms with Gasteiger partial charge in [-0.1, -0.05) is 12.1 Å². The van der Waals surface area contributed by atoms with Crippen molar-refractivity contribution in [3.05, 3.63) is 35.6 Å². The van der Waals surface area contributed by atoms with Gasteiger partial charge in [0.2, 0.25) is 0 Å². The van der Waals surface area contributed by atoms with E-state index >= 15 is 0 Å². The number of nitrogens with zero attached hydrogens (tertiary/aromatic N) is 2. The molecule has 1 fully saturated rings. The molecule has 0 unspecified atom stereocenters. The number of urea groups is 1. The van der Waals surface area contributed by atoms with Gasteiger partial charge in [-0.3, -0.25) is 0 Å². The molecule has 2 atom stereocenters. The number of aliphatic carboxylic acids is 1. The van der Waals surface area contributed by atoms with Gasteiger partial charge >= 0.3 is 12.0 Å². The van der Waals surface area contributed by atoms with Gasteiger partial charge in [0.1, 0.15) is 11.9 Å². The van der Waals surface area contributed by atoms with Crippen LogP contribution in [0.5, 0.6) is 0 Å². The summed E-state index contributed by atoms with van der Waals surface area (Å²) >= 11 is 0. The monoisotopic (exact) mass is 296 g/mol. The van der Waals surface area contributed by atoms with Crippen molar-refractivity contribution < 1.29 is 24.2 Å². The Morgan fingerprint density at radius 1 is 1.38 bits per heavy atom. The predicted octanol–water partition coefficient (Wildman–Crippen LogP) is 0.897. The average Bonchev–Trinajstić information content (AvgIpc) is 2.82. The van der Waals surface area contributed by atoms with Gasteiger partial charge in [-0.05, 0) is 17.7 Å². The molecule has 1 heterocycles. The molecule has 0 saturated carbocycles. The minimum Gasteiger partial charge on any atom is -0.480 e. The van der Waals surface area contributed by atoms with E-state index < -0.39 is 24.1 Å². The lowest BCUT2D eigenvalue weighted by atomic mass is 10.2. The minimum atomic E-state index is -1.13. The van der Waals surface area contributed by atoms with Crippen LogP contribution in [-0.2, 0) is 11.3 Å². The second-order valence-corrected chi connectivity index (χ2v) is 5.16. The number of rotatable bonds is 3. The first-order valence-electron chi connectivity index (χ1n) is 6.55. The highest BCUT2D eigenvalue weighted by molar-refractivity contribution is 5.83. The Morgan fingerprint density at radius 2 is 2.00 bits per heavy atom. The van der Waals surface area contributed by atoms with Crippen LogP contribution < -0.4 is 0 Å². The number of carbonyl (C=O) groups is 2. The lowest BCUT2D eigenvalue weighted by Crippen LogP contribution is -2.46. The molecule has 0 bridgehead atoms. The first-order chi connectivity index (χ1) is 9.88. The van der Waals surface area contributed by atoms with Crippen LogP contribution in [0.1, 0.15) is 12.0 Å². The van der Waals surface area contributed by atoms with Crippen molar-refractivity contribution in [1.82, 2.24) is 9.80 Å². The molecule has 0 aromatic heterocycles. The molecule has 2 rings (SSSR count). The largest absolute Gasteiger partial charge is 0.480 e. The Labute approximate surface area is 121 Å². The quantitative estimate of drug-likeness (QED) is 0.868. The van der Waals surface area contributed by atoms with Crippen molar-refractivity contribution in [2.24, 2.45) is 0 Å². The molecule has 6 nitrogen and oxygen atoms in total. The SMILES string of the molecule is CN(Cc1ccc(F)cc1)C(=O)N1C[C@@H](O)C[C@H]1C(=O)O. The van der Waals surface area contributed by atoms with Crippen molar-refractivity contribution in [1.29, 1.82) is 0 Å². The topological polar surface area (TPSA) is 81.1 Å². The lowest BCUT2D eigenvalue weighted by molar-refractivity contribution is -0.141. The van der Waals surface area contributed by atoms with E-state index in [-0.39, 0.29) is 25.3 Å². The second kappa shape index (κ2) is 6.09. The molecule has 7 heteroatoms. The van der Waals surface area contributed by atoms with Gasteiger partial charge < -0.3 is 20.0 Å². The average molecular weight is 296 g/mol. The third-order valence-electron chi connectivity index (χ3n) is 3.47. The molecule has 21 heavy (non-hydrogen) atoms. The third kappa shape index (κ3) is 3.49. The van der Waals surface area contributed by atoms with Crippen molar-refractivity contribution in [3.63, 3.8) is 0 Å². The number of hydrogen-bond acceptors (Lipinski definition) is 3. The molecule has 1 aliphatic rings. The number of amides is 2. The minimum absolute atomic E-state index is 0.00353. The summed E-state index contributed by atoms with van der Waals surface area (Å²) in [7, 11) is 1.54. The number of hydrogen-bond donors (Lipinski definition) is 2. The summed E-state index contributed by atoms with van der Waals surface area (Å²) < 4.78 is 12.8. The lowest BCUT2D eigenvalue weighted by Gasteiger charge is -2.27. The van der Waals surface area contributed by atoms with Crippen LogP contribution in [0, 0.1) is 5.82 Å². The number of benzene rings is 1. The Kier molecular flexibility index (Phi) is 4.42. The van der Waals surface area contributed by atoms with Crippen LogP contribution in [0.3, 0.4) is 0 Å². The van der Waals surface area contributed by atoms with E-state index in [1.54, 1.807) is 12.1 Å². The summed E-state index contributed by atoms with van der Waals surface area (Å²) in [4.78, 5) is 25.9. The number of β-amino-alcohol motifs (C(OH)–C–C–N with tert-alkyl or cyclic N) is 1. The fraction of sp³-hybridized carbons (Fsp3) is 0.429. The number of carboxylic acid groups (broad SMARTS) is 1. The highest BCUT2D eigenvalue weighted by Gasteiger charge is 2.39. The van der Waals surface area contributed by atoms with Crippen LogP contribution >= 0.6 is 0 Å². The van der Waals surface area contributed by atoms with Crippen LogP contribution in [0.15, 0.2) is 24.3 Å². The number of aliphatic hydroxyl groups is 1. The van der Waals surface area contributed by atoms with Gasteiger partial charge in [0.05, 0.1) is 6.10 Å². The summed E-state index contributed by atoms with van der Waals surface area (Å²) in [6.07, 6.45) is -0.792. The maximum absolute atomic E-state index is 12.8. The summed E-state index contributed by atoms with van der Waals surface area (Å²) in [5.41, 5.74) is 0.735. The van der Waals surface area contributed by atoms with Crippen molar-refractivity contribution >= 4 is 12.0 Å². The normalized spacial score (nSPS) is 21.4. The molecule has 0 aliphatic carbocycles. The van der Waals surface area contributed by atoms with E-state index in [1.165, 1.54) is 24.1 Å². The van der Waals surface area contributed by atoms with E-state index in [2.05, 4.69) is 0 Å². The highest BCUT2D eigenvalue weighted by Crippen LogP contribution is 2.20. The van der Waals surface area contributed by atoms with Crippen LogP contribution in [0.4, 0.5) is 9.18 Å².